The number of nitrogens with zero attached hydrogens (tertiary/aromatic N) is 1. The molecule has 0 saturated heterocycles. The molecule has 0 fully saturated rings. The van der Waals surface area contributed by atoms with Gasteiger partial charge in [0.1, 0.15) is 0 Å². The summed E-state index contributed by atoms with van der Waals surface area (Å²) in [6.07, 6.45) is 0. The van der Waals surface area contributed by atoms with E-state index < -0.39 is 0 Å². The summed E-state index contributed by atoms with van der Waals surface area (Å²) in [5.74, 6) is 0. The van der Waals surface area contributed by atoms with Crippen LogP contribution in [0.5, 0.6) is 0 Å². The molecule has 16 heavy (non-hydrogen) atoms. The molecule has 4 heteroatoms. The molecule has 1 aromatic heterocycles. The summed E-state index contributed by atoms with van der Waals surface area (Å²) in [6.45, 7) is 4.27. The molecule has 2 rings (SSSR count). The van der Waals surface area contributed by atoms with Gasteiger partial charge in [-0.3, -0.25) is 9.89 Å². The highest BCUT2D eigenvalue weighted by Gasteiger charge is 2.06. The van der Waals surface area contributed by atoms with Crippen LogP contribution in [0.4, 0.5) is 0 Å². The standard InChI is InChI=1S/C12H13ClN2O/c1-8-9(2)14-15(12(8)16)7-10-3-5-11(13)6-4-10/h3-6,14H,7H2,1-2H3. The van der Waals surface area contributed by atoms with Crippen LogP contribution in [0, 0.1) is 13.8 Å². The fourth-order valence-electron chi connectivity index (χ4n) is 1.58. The molecule has 1 N–H and O–H groups in total. The largest absolute Gasteiger partial charge is 0.299 e. The molecular weight excluding hydrogens is 224 g/mol. The summed E-state index contributed by atoms with van der Waals surface area (Å²) in [5.41, 5.74) is 2.77. The Morgan fingerprint density at radius 1 is 1.25 bits per heavy atom. The van der Waals surface area contributed by atoms with Crippen LogP contribution in [0.25, 0.3) is 0 Å². The molecule has 1 heterocycles. The highest BCUT2D eigenvalue weighted by molar-refractivity contribution is 6.30. The molecule has 0 aliphatic rings. The van der Waals surface area contributed by atoms with E-state index in [9.17, 15) is 4.79 Å². The number of rotatable bonds is 2. The van der Waals surface area contributed by atoms with Crippen molar-refractivity contribution in [1.82, 2.24) is 9.78 Å². The van der Waals surface area contributed by atoms with Crippen molar-refractivity contribution >= 4 is 11.6 Å². The van der Waals surface area contributed by atoms with E-state index in [2.05, 4.69) is 5.10 Å². The minimum Gasteiger partial charge on any atom is -0.299 e. The van der Waals surface area contributed by atoms with Gasteiger partial charge in [-0.05, 0) is 31.5 Å². The van der Waals surface area contributed by atoms with Gasteiger partial charge in [0.25, 0.3) is 5.56 Å². The maximum absolute atomic E-state index is 11.8. The first-order valence-electron chi connectivity index (χ1n) is 5.08. The average Bonchev–Trinajstić information content (AvgIpc) is 2.50. The number of aromatic amines is 1. The molecule has 0 amide bonds. The fraction of sp³-hybridized carbons (Fsp3) is 0.250. The molecule has 0 atom stereocenters. The lowest BCUT2D eigenvalue weighted by atomic mass is 10.2. The first-order valence-corrected chi connectivity index (χ1v) is 5.46. The number of nitrogens with one attached hydrogen (secondary N) is 1. The van der Waals surface area contributed by atoms with E-state index in [1.165, 1.54) is 0 Å². The third kappa shape index (κ3) is 2.04. The molecule has 0 aliphatic carbocycles. The number of aromatic nitrogens is 2. The zero-order valence-corrected chi connectivity index (χ0v) is 10.0. The van der Waals surface area contributed by atoms with Crippen LogP contribution in [0.1, 0.15) is 16.8 Å². The maximum atomic E-state index is 11.8. The van der Waals surface area contributed by atoms with Gasteiger partial charge in [0.05, 0.1) is 6.54 Å². The number of H-pyrrole nitrogens is 1. The van der Waals surface area contributed by atoms with Gasteiger partial charge in [-0.2, -0.15) is 0 Å². The van der Waals surface area contributed by atoms with E-state index in [0.29, 0.717) is 11.6 Å². The Balaban J connectivity index is 2.30. The summed E-state index contributed by atoms with van der Waals surface area (Å²) >= 11 is 5.80. The van der Waals surface area contributed by atoms with Crippen LogP contribution >= 0.6 is 11.6 Å². The average molecular weight is 237 g/mol. The SMILES string of the molecule is Cc1[nH]n(Cc2ccc(Cl)cc2)c(=O)c1C. The molecule has 0 bridgehead atoms. The van der Waals surface area contributed by atoms with E-state index in [1.54, 1.807) is 4.68 Å². The molecule has 0 saturated carbocycles. The van der Waals surface area contributed by atoms with Gasteiger partial charge in [0.15, 0.2) is 0 Å². The number of hydrogen-bond donors (Lipinski definition) is 1. The van der Waals surface area contributed by atoms with Gasteiger partial charge in [0, 0.05) is 16.3 Å². The fourth-order valence-corrected chi connectivity index (χ4v) is 1.71. The molecule has 0 aliphatic heterocycles. The van der Waals surface area contributed by atoms with Crippen LogP contribution in [0.15, 0.2) is 29.1 Å². The van der Waals surface area contributed by atoms with Gasteiger partial charge in [-0.1, -0.05) is 23.7 Å². The van der Waals surface area contributed by atoms with Crippen molar-refractivity contribution in [1.29, 1.82) is 0 Å². The maximum Gasteiger partial charge on any atom is 0.269 e. The third-order valence-corrected chi connectivity index (χ3v) is 2.94. The van der Waals surface area contributed by atoms with E-state index in [4.69, 9.17) is 11.6 Å². The molecule has 84 valence electrons. The van der Waals surface area contributed by atoms with Crippen molar-refractivity contribution in [2.75, 3.05) is 0 Å². The summed E-state index contributed by atoms with van der Waals surface area (Å²) in [7, 11) is 0. The smallest absolute Gasteiger partial charge is 0.269 e. The van der Waals surface area contributed by atoms with Crippen molar-refractivity contribution in [3.05, 3.63) is 56.5 Å². The second-order valence-corrected chi connectivity index (χ2v) is 4.32. The lowest BCUT2D eigenvalue weighted by Crippen LogP contribution is -2.18. The lowest BCUT2D eigenvalue weighted by Gasteiger charge is -2.02. The Labute approximate surface area is 98.7 Å². The third-order valence-electron chi connectivity index (χ3n) is 2.69. The number of hydrogen-bond acceptors (Lipinski definition) is 1. The zero-order chi connectivity index (χ0) is 11.7. The number of halogens is 1. The van der Waals surface area contributed by atoms with Crippen molar-refractivity contribution in [2.24, 2.45) is 0 Å². The molecule has 0 unspecified atom stereocenters. The Bertz CT molecular complexity index is 551. The second kappa shape index (κ2) is 4.18. The minimum atomic E-state index is 0.0347. The molecule has 3 nitrogen and oxygen atoms in total. The predicted molar refractivity (Wildman–Crippen MR) is 65.1 cm³/mol. The van der Waals surface area contributed by atoms with E-state index in [1.807, 2.05) is 38.1 Å². The summed E-state index contributed by atoms with van der Waals surface area (Å²) in [6, 6.07) is 7.48. The molecule has 0 spiro atoms. The quantitative estimate of drug-likeness (QED) is 0.855. The van der Waals surface area contributed by atoms with Crippen molar-refractivity contribution in [3.8, 4) is 0 Å². The number of benzene rings is 1. The Morgan fingerprint density at radius 2 is 1.88 bits per heavy atom. The Morgan fingerprint density at radius 3 is 2.38 bits per heavy atom. The van der Waals surface area contributed by atoms with Gasteiger partial charge in [-0.15, -0.1) is 0 Å². The highest BCUT2D eigenvalue weighted by atomic mass is 35.5. The predicted octanol–water partition coefficient (Wildman–Crippen LogP) is 2.49. The lowest BCUT2D eigenvalue weighted by molar-refractivity contribution is 0.657. The van der Waals surface area contributed by atoms with Gasteiger partial charge in [0.2, 0.25) is 0 Å². The summed E-state index contributed by atoms with van der Waals surface area (Å²) in [5, 5.41) is 3.75. The van der Waals surface area contributed by atoms with Gasteiger partial charge < -0.3 is 0 Å². The molecule has 1 aromatic carbocycles. The first kappa shape index (κ1) is 11.0. The van der Waals surface area contributed by atoms with E-state index in [-0.39, 0.29) is 5.56 Å². The first-order chi connectivity index (χ1) is 7.58. The van der Waals surface area contributed by atoms with Crippen LogP contribution in [-0.2, 0) is 6.54 Å². The molecular formula is C12H13ClN2O. The summed E-state index contributed by atoms with van der Waals surface area (Å²) in [4.78, 5) is 11.8. The van der Waals surface area contributed by atoms with Crippen molar-refractivity contribution in [3.63, 3.8) is 0 Å². The monoisotopic (exact) mass is 236 g/mol. The van der Waals surface area contributed by atoms with Gasteiger partial charge in [-0.25, -0.2) is 4.68 Å². The highest BCUT2D eigenvalue weighted by Crippen LogP contribution is 2.10. The second-order valence-electron chi connectivity index (χ2n) is 3.88. The topological polar surface area (TPSA) is 37.8 Å². The van der Waals surface area contributed by atoms with E-state index >= 15 is 0 Å². The van der Waals surface area contributed by atoms with Crippen LogP contribution in [-0.4, -0.2) is 9.78 Å². The van der Waals surface area contributed by atoms with Crippen molar-refractivity contribution in [2.45, 2.75) is 20.4 Å². The van der Waals surface area contributed by atoms with Crippen LogP contribution < -0.4 is 5.56 Å². The normalized spacial score (nSPS) is 10.7. The van der Waals surface area contributed by atoms with Gasteiger partial charge >= 0.3 is 0 Å². The molecule has 2 aromatic rings. The van der Waals surface area contributed by atoms with Crippen LogP contribution in [0.2, 0.25) is 5.02 Å². The van der Waals surface area contributed by atoms with E-state index in [0.717, 1.165) is 16.8 Å². The Hall–Kier alpha value is -1.48. The minimum absolute atomic E-state index is 0.0347. The number of aryl methyl sites for hydroxylation is 1. The van der Waals surface area contributed by atoms with Crippen LogP contribution in [0.3, 0.4) is 0 Å². The summed E-state index contributed by atoms with van der Waals surface area (Å²) < 4.78 is 1.61. The van der Waals surface area contributed by atoms with Crippen molar-refractivity contribution < 1.29 is 0 Å². The zero-order valence-electron chi connectivity index (χ0n) is 9.25. The Kier molecular flexibility index (Phi) is 2.88. The molecule has 0 radical (unpaired) electrons.